The fraction of sp³-hybridized carbons (Fsp3) is 0.538. The highest BCUT2D eigenvalue weighted by Crippen LogP contribution is 2.50. The van der Waals surface area contributed by atoms with Gasteiger partial charge in [-0.25, -0.2) is 0 Å². The summed E-state index contributed by atoms with van der Waals surface area (Å²) >= 11 is 3.66. The first kappa shape index (κ1) is 23.1. The molecule has 0 aromatic heterocycles. The van der Waals surface area contributed by atoms with Gasteiger partial charge in [0, 0.05) is 42.7 Å². The van der Waals surface area contributed by atoms with Crippen LogP contribution in [0.1, 0.15) is 82.6 Å². The third-order valence-corrected chi connectivity index (χ3v) is 7.06. The zero-order chi connectivity index (χ0) is 22.7. The maximum Gasteiger partial charge on any atom is 0.175 e. The van der Waals surface area contributed by atoms with E-state index in [4.69, 9.17) is 14.2 Å². The molecule has 5 nitrogen and oxygen atoms in total. The summed E-state index contributed by atoms with van der Waals surface area (Å²) < 4.78 is 18.6. The van der Waals surface area contributed by atoms with Crippen molar-refractivity contribution in [2.45, 2.75) is 77.0 Å². The Balaban J connectivity index is 1.72. The van der Waals surface area contributed by atoms with Crippen molar-refractivity contribution in [3.63, 3.8) is 0 Å². The van der Waals surface area contributed by atoms with E-state index in [1.54, 1.807) is 7.11 Å². The fourth-order valence-electron chi connectivity index (χ4n) is 4.90. The van der Waals surface area contributed by atoms with Gasteiger partial charge in [-0.1, -0.05) is 26.2 Å². The molecule has 0 N–H and O–H groups in total. The SMILES string of the molecule is CCCCCCOc1c(Br)cc(C2C3=C(CCCC3=O)OC3=C2C(=O)CCC3)cc1OC. The van der Waals surface area contributed by atoms with Crippen LogP contribution in [0.3, 0.4) is 0 Å². The third kappa shape index (κ3) is 4.52. The van der Waals surface area contributed by atoms with Gasteiger partial charge >= 0.3 is 0 Å². The molecule has 1 aromatic carbocycles. The lowest BCUT2D eigenvalue weighted by Gasteiger charge is -2.36. The molecule has 0 spiro atoms. The summed E-state index contributed by atoms with van der Waals surface area (Å²) in [6.07, 6.45) is 8.53. The highest BCUT2D eigenvalue weighted by atomic mass is 79.9. The summed E-state index contributed by atoms with van der Waals surface area (Å²) in [5, 5.41) is 0. The van der Waals surface area contributed by atoms with E-state index in [0.717, 1.165) is 60.1 Å². The second-order valence-corrected chi connectivity index (χ2v) is 9.56. The lowest BCUT2D eigenvalue weighted by Crippen LogP contribution is -2.30. The van der Waals surface area contributed by atoms with Crippen LogP contribution in [0.2, 0.25) is 0 Å². The molecule has 32 heavy (non-hydrogen) atoms. The molecule has 4 rings (SSSR count). The second kappa shape index (κ2) is 10.2. The van der Waals surface area contributed by atoms with Gasteiger partial charge < -0.3 is 14.2 Å². The molecule has 0 fully saturated rings. The largest absolute Gasteiger partial charge is 0.493 e. The molecule has 0 unspecified atom stereocenters. The molecule has 172 valence electrons. The highest BCUT2D eigenvalue weighted by molar-refractivity contribution is 9.10. The van der Waals surface area contributed by atoms with E-state index in [1.807, 2.05) is 12.1 Å². The molecule has 1 heterocycles. The Kier molecular flexibility index (Phi) is 7.39. The van der Waals surface area contributed by atoms with Gasteiger partial charge in [0.15, 0.2) is 23.1 Å². The van der Waals surface area contributed by atoms with Gasteiger partial charge in [-0.15, -0.1) is 0 Å². The lowest BCUT2D eigenvalue weighted by atomic mass is 9.73. The van der Waals surface area contributed by atoms with Gasteiger partial charge in [-0.3, -0.25) is 9.59 Å². The van der Waals surface area contributed by atoms with Gasteiger partial charge in [0.1, 0.15) is 11.5 Å². The first-order chi connectivity index (χ1) is 15.5. The Bertz CT molecular complexity index is 933. The van der Waals surface area contributed by atoms with E-state index in [2.05, 4.69) is 22.9 Å². The van der Waals surface area contributed by atoms with E-state index in [-0.39, 0.29) is 11.6 Å². The Morgan fingerprint density at radius 2 is 1.62 bits per heavy atom. The van der Waals surface area contributed by atoms with Crippen molar-refractivity contribution in [1.82, 2.24) is 0 Å². The summed E-state index contributed by atoms with van der Waals surface area (Å²) in [6.45, 7) is 2.80. The van der Waals surface area contributed by atoms with Crippen LogP contribution >= 0.6 is 15.9 Å². The average molecular weight is 503 g/mol. The van der Waals surface area contributed by atoms with Crippen LogP contribution in [0.5, 0.6) is 11.5 Å². The van der Waals surface area contributed by atoms with Crippen molar-refractivity contribution in [3.05, 3.63) is 44.8 Å². The number of unbranched alkanes of at least 4 members (excludes halogenated alkanes) is 3. The summed E-state index contributed by atoms with van der Waals surface area (Å²) in [5.74, 6) is 2.50. The topological polar surface area (TPSA) is 61.8 Å². The van der Waals surface area contributed by atoms with E-state index in [1.165, 1.54) is 12.8 Å². The summed E-state index contributed by atoms with van der Waals surface area (Å²) in [7, 11) is 1.62. The molecule has 1 aliphatic heterocycles. The Labute approximate surface area is 198 Å². The molecule has 6 heteroatoms. The molecule has 0 amide bonds. The normalized spacial score (nSPS) is 19.0. The van der Waals surface area contributed by atoms with Gasteiger partial charge in [-0.05, 0) is 52.9 Å². The number of carbonyl (C=O) groups is 2. The number of carbonyl (C=O) groups excluding carboxylic acids is 2. The van der Waals surface area contributed by atoms with Crippen LogP contribution in [-0.4, -0.2) is 25.3 Å². The van der Waals surface area contributed by atoms with Crippen molar-refractivity contribution in [2.75, 3.05) is 13.7 Å². The number of benzene rings is 1. The zero-order valence-corrected chi connectivity index (χ0v) is 20.5. The van der Waals surface area contributed by atoms with Gasteiger partial charge in [-0.2, -0.15) is 0 Å². The van der Waals surface area contributed by atoms with Gasteiger partial charge in [0.2, 0.25) is 0 Å². The first-order valence-electron chi connectivity index (χ1n) is 11.8. The Morgan fingerprint density at radius 3 is 2.22 bits per heavy atom. The maximum absolute atomic E-state index is 13.0. The Hall–Kier alpha value is -2.08. The predicted octanol–water partition coefficient (Wildman–Crippen LogP) is 6.54. The number of halogens is 1. The Morgan fingerprint density at radius 1 is 0.969 bits per heavy atom. The standard InChI is InChI=1S/C26H31BrO5/c1-3-4-5-6-13-31-26-17(27)14-16(15-22(26)30-2)23-24-18(28)9-7-11-20(24)32-21-12-8-10-19(29)25(21)23/h14-15,23H,3-13H2,1-2H3. The maximum atomic E-state index is 13.0. The molecule has 3 aliphatic rings. The first-order valence-corrected chi connectivity index (χ1v) is 12.5. The molecule has 1 aromatic rings. The zero-order valence-electron chi connectivity index (χ0n) is 18.9. The van der Waals surface area contributed by atoms with E-state index in [9.17, 15) is 9.59 Å². The van der Waals surface area contributed by atoms with Crippen molar-refractivity contribution >= 4 is 27.5 Å². The van der Waals surface area contributed by atoms with Crippen molar-refractivity contribution in [1.29, 1.82) is 0 Å². The predicted molar refractivity (Wildman–Crippen MR) is 126 cm³/mol. The molecule has 2 aliphatic carbocycles. The number of hydrogen-bond acceptors (Lipinski definition) is 5. The lowest BCUT2D eigenvalue weighted by molar-refractivity contribution is -0.117. The fourth-order valence-corrected chi connectivity index (χ4v) is 5.47. The number of rotatable bonds is 8. The smallest absolute Gasteiger partial charge is 0.175 e. The minimum absolute atomic E-state index is 0.0764. The quantitative estimate of drug-likeness (QED) is 0.377. The molecule has 0 radical (unpaired) electrons. The summed E-state index contributed by atoms with van der Waals surface area (Å²) in [4.78, 5) is 26.0. The molecule has 0 bridgehead atoms. The average Bonchev–Trinajstić information content (AvgIpc) is 2.78. The number of ketones is 2. The van der Waals surface area contributed by atoms with E-state index in [0.29, 0.717) is 42.1 Å². The highest BCUT2D eigenvalue weighted by Gasteiger charge is 2.42. The number of hydrogen-bond donors (Lipinski definition) is 0. The van der Waals surface area contributed by atoms with Crippen LogP contribution < -0.4 is 9.47 Å². The second-order valence-electron chi connectivity index (χ2n) is 8.71. The van der Waals surface area contributed by atoms with E-state index < -0.39 is 5.92 Å². The number of allylic oxidation sites excluding steroid dienone is 4. The summed E-state index contributed by atoms with van der Waals surface area (Å²) in [6, 6.07) is 3.89. The number of Topliss-reactive ketones (excluding diaryl/α,β-unsaturated/α-hetero) is 2. The van der Waals surface area contributed by atoms with Crippen LogP contribution in [0.15, 0.2) is 39.3 Å². The summed E-state index contributed by atoms with van der Waals surface area (Å²) in [5.41, 5.74) is 2.15. The van der Waals surface area contributed by atoms with Gasteiger partial charge in [0.25, 0.3) is 0 Å². The number of ether oxygens (including phenoxy) is 3. The van der Waals surface area contributed by atoms with Crippen molar-refractivity contribution in [3.8, 4) is 11.5 Å². The minimum Gasteiger partial charge on any atom is -0.493 e. The molecule has 0 saturated heterocycles. The molecular formula is C26H31BrO5. The van der Waals surface area contributed by atoms with Crippen molar-refractivity contribution < 1.29 is 23.8 Å². The molecular weight excluding hydrogens is 472 g/mol. The van der Waals surface area contributed by atoms with Crippen molar-refractivity contribution in [2.24, 2.45) is 0 Å². The third-order valence-electron chi connectivity index (χ3n) is 6.47. The van der Waals surface area contributed by atoms with Crippen LogP contribution in [-0.2, 0) is 14.3 Å². The number of methoxy groups -OCH3 is 1. The van der Waals surface area contributed by atoms with Crippen LogP contribution in [0, 0.1) is 0 Å². The van der Waals surface area contributed by atoms with E-state index >= 15 is 0 Å². The minimum atomic E-state index is -0.404. The van der Waals surface area contributed by atoms with Gasteiger partial charge in [0.05, 0.1) is 18.2 Å². The monoisotopic (exact) mass is 502 g/mol. The van der Waals surface area contributed by atoms with Crippen LogP contribution in [0.25, 0.3) is 0 Å². The van der Waals surface area contributed by atoms with Crippen LogP contribution in [0.4, 0.5) is 0 Å². The molecule has 0 saturated carbocycles. The molecule has 0 atom stereocenters.